The number of carboxylic acid groups (broad SMARTS) is 1. The van der Waals surface area contributed by atoms with E-state index in [9.17, 15) is 9.59 Å². The maximum Gasteiger partial charge on any atom is 0.314 e. The standard InChI is InChI=1S/C12H24N2O4/c1-3-8-18-9-4-7-13-12(17)14-10(2)5-6-11(15)16/h10H,3-9H2,1-2H3,(H,15,16)(H2,13,14,17). The van der Waals surface area contributed by atoms with Gasteiger partial charge in [-0.05, 0) is 26.2 Å². The molecule has 0 rings (SSSR count). The summed E-state index contributed by atoms with van der Waals surface area (Å²) in [6.45, 7) is 5.78. The van der Waals surface area contributed by atoms with E-state index in [1.807, 2.05) is 6.92 Å². The molecular formula is C12H24N2O4. The minimum atomic E-state index is -0.850. The molecule has 0 aromatic heterocycles. The minimum Gasteiger partial charge on any atom is -0.481 e. The van der Waals surface area contributed by atoms with E-state index in [1.54, 1.807) is 6.92 Å². The molecule has 0 spiro atoms. The first-order chi connectivity index (χ1) is 8.56. The highest BCUT2D eigenvalue weighted by Crippen LogP contribution is 1.95. The number of aliphatic carboxylic acids is 1. The number of rotatable bonds is 10. The van der Waals surface area contributed by atoms with Crippen LogP contribution in [0.2, 0.25) is 0 Å². The number of nitrogens with one attached hydrogen (secondary N) is 2. The zero-order valence-electron chi connectivity index (χ0n) is 11.2. The fourth-order valence-electron chi connectivity index (χ4n) is 1.31. The van der Waals surface area contributed by atoms with Gasteiger partial charge in [0.25, 0.3) is 0 Å². The van der Waals surface area contributed by atoms with Gasteiger partial charge in [0.1, 0.15) is 0 Å². The van der Waals surface area contributed by atoms with Crippen LogP contribution in [-0.2, 0) is 9.53 Å². The van der Waals surface area contributed by atoms with Gasteiger partial charge in [-0.25, -0.2) is 4.79 Å². The third-order valence-electron chi connectivity index (χ3n) is 2.27. The molecule has 2 amide bonds. The third-order valence-corrected chi connectivity index (χ3v) is 2.27. The number of urea groups is 1. The fourth-order valence-corrected chi connectivity index (χ4v) is 1.31. The quantitative estimate of drug-likeness (QED) is 0.517. The minimum absolute atomic E-state index is 0.0618. The van der Waals surface area contributed by atoms with E-state index in [0.29, 0.717) is 19.6 Å². The molecule has 6 nitrogen and oxygen atoms in total. The van der Waals surface area contributed by atoms with Crippen LogP contribution in [0.5, 0.6) is 0 Å². The number of hydrogen-bond donors (Lipinski definition) is 3. The molecule has 0 aliphatic carbocycles. The summed E-state index contributed by atoms with van der Waals surface area (Å²) in [5.41, 5.74) is 0. The number of carboxylic acids is 1. The van der Waals surface area contributed by atoms with Crippen molar-refractivity contribution in [2.24, 2.45) is 0 Å². The lowest BCUT2D eigenvalue weighted by molar-refractivity contribution is -0.137. The van der Waals surface area contributed by atoms with Gasteiger partial charge in [-0.2, -0.15) is 0 Å². The van der Waals surface area contributed by atoms with E-state index in [0.717, 1.165) is 19.4 Å². The van der Waals surface area contributed by atoms with Crippen molar-refractivity contribution in [1.29, 1.82) is 0 Å². The third kappa shape index (κ3) is 11.2. The van der Waals surface area contributed by atoms with Crippen molar-refractivity contribution in [3.05, 3.63) is 0 Å². The molecule has 0 aromatic carbocycles. The average molecular weight is 260 g/mol. The van der Waals surface area contributed by atoms with Crippen molar-refractivity contribution in [2.45, 2.75) is 45.6 Å². The Bertz CT molecular complexity index is 246. The topological polar surface area (TPSA) is 87.7 Å². The molecule has 0 radical (unpaired) electrons. The Morgan fingerprint density at radius 1 is 1.33 bits per heavy atom. The summed E-state index contributed by atoms with van der Waals surface area (Å²) in [7, 11) is 0. The molecule has 6 heteroatoms. The van der Waals surface area contributed by atoms with Crippen LogP contribution >= 0.6 is 0 Å². The molecule has 0 bridgehead atoms. The van der Waals surface area contributed by atoms with E-state index in [2.05, 4.69) is 10.6 Å². The average Bonchev–Trinajstić information content (AvgIpc) is 2.31. The van der Waals surface area contributed by atoms with Crippen molar-refractivity contribution in [1.82, 2.24) is 10.6 Å². The second kappa shape index (κ2) is 10.8. The zero-order chi connectivity index (χ0) is 13.8. The number of ether oxygens (including phenoxy) is 1. The lowest BCUT2D eigenvalue weighted by Gasteiger charge is -2.13. The second-order valence-electron chi connectivity index (χ2n) is 4.20. The monoisotopic (exact) mass is 260 g/mol. The van der Waals surface area contributed by atoms with E-state index in [-0.39, 0.29) is 18.5 Å². The molecule has 0 heterocycles. The SMILES string of the molecule is CCCOCCCNC(=O)NC(C)CCC(=O)O. The van der Waals surface area contributed by atoms with Gasteiger partial charge in [-0.1, -0.05) is 6.92 Å². The van der Waals surface area contributed by atoms with E-state index in [1.165, 1.54) is 0 Å². The molecule has 3 N–H and O–H groups in total. The van der Waals surface area contributed by atoms with Gasteiger partial charge in [-0.15, -0.1) is 0 Å². The van der Waals surface area contributed by atoms with Crippen LogP contribution in [0.25, 0.3) is 0 Å². The molecule has 1 atom stereocenters. The van der Waals surface area contributed by atoms with Crippen molar-refractivity contribution < 1.29 is 19.4 Å². The Morgan fingerprint density at radius 3 is 2.67 bits per heavy atom. The Kier molecular flexibility index (Phi) is 10.0. The Balaban J connectivity index is 3.44. The predicted octanol–water partition coefficient (Wildman–Crippen LogP) is 1.36. The van der Waals surface area contributed by atoms with E-state index >= 15 is 0 Å². The highest BCUT2D eigenvalue weighted by molar-refractivity contribution is 5.74. The van der Waals surface area contributed by atoms with Crippen LogP contribution in [0.1, 0.15) is 39.5 Å². The van der Waals surface area contributed by atoms with Gasteiger partial charge >= 0.3 is 12.0 Å². The number of hydrogen-bond acceptors (Lipinski definition) is 3. The summed E-state index contributed by atoms with van der Waals surface area (Å²) >= 11 is 0. The second-order valence-corrected chi connectivity index (χ2v) is 4.20. The molecule has 0 aliphatic rings. The first kappa shape index (κ1) is 16.7. The smallest absolute Gasteiger partial charge is 0.314 e. The van der Waals surface area contributed by atoms with Gasteiger partial charge in [0, 0.05) is 32.2 Å². The Hall–Kier alpha value is -1.30. The van der Waals surface area contributed by atoms with Crippen molar-refractivity contribution in [3.8, 4) is 0 Å². The summed E-state index contributed by atoms with van der Waals surface area (Å²) in [6, 6.07) is -0.402. The molecular weight excluding hydrogens is 236 g/mol. The molecule has 0 saturated heterocycles. The highest BCUT2D eigenvalue weighted by Gasteiger charge is 2.08. The molecule has 0 aromatic rings. The lowest BCUT2D eigenvalue weighted by Crippen LogP contribution is -2.41. The first-order valence-electron chi connectivity index (χ1n) is 6.40. The van der Waals surface area contributed by atoms with Crippen LogP contribution in [-0.4, -0.2) is 42.9 Å². The van der Waals surface area contributed by atoms with Crippen molar-refractivity contribution in [3.63, 3.8) is 0 Å². The predicted molar refractivity (Wildman–Crippen MR) is 68.6 cm³/mol. The molecule has 106 valence electrons. The van der Waals surface area contributed by atoms with Gasteiger partial charge in [-0.3, -0.25) is 4.79 Å². The molecule has 1 unspecified atom stereocenters. The highest BCUT2D eigenvalue weighted by atomic mass is 16.5. The van der Waals surface area contributed by atoms with Crippen LogP contribution < -0.4 is 10.6 Å². The Labute approximate surface area is 108 Å². The Morgan fingerprint density at radius 2 is 2.06 bits per heavy atom. The maximum atomic E-state index is 11.4. The van der Waals surface area contributed by atoms with E-state index in [4.69, 9.17) is 9.84 Å². The summed E-state index contributed by atoms with van der Waals surface area (Å²) in [5, 5.41) is 13.9. The number of carbonyl (C=O) groups excluding carboxylic acids is 1. The van der Waals surface area contributed by atoms with Crippen molar-refractivity contribution >= 4 is 12.0 Å². The van der Waals surface area contributed by atoms with Crippen LogP contribution in [0, 0.1) is 0 Å². The molecule has 0 saturated carbocycles. The zero-order valence-corrected chi connectivity index (χ0v) is 11.2. The van der Waals surface area contributed by atoms with Crippen LogP contribution in [0.15, 0.2) is 0 Å². The number of carbonyl (C=O) groups is 2. The maximum absolute atomic E-state index is 11.4. The van der Waals surface area contributed by atoms with Gasteiger partial charge in [0.05, 0.1) is 0 Å². The van der Waals surface area contributed by atoms with E-state index < -0.39 is 5.97 Å². The summed E-state index contributed by atoms with van der Waals surface area (Å²) in [5.74, 6) is -0.850. The number of amides is 2. The van der Waals surface area contributed by atoms with Crippen LogP contribution in [0.4, 0.5) is 4.79 Å². The summed E-state index contributed by atoms with van der Waals surface area (Å²) < 4.78 is 5.27. The largest absolute Gasteiger partial charge is 0.481 e. The van der Waals surface area contributed by atoms with Gasteiger partial charge < -0.3 is 20.5 Å². The summed E-state index contributed by atoms with van der Waals surface area (Å²) in [6.07, 6.45) is 2.26. The normalized spacial score (nSPS) is 11.9. The molecule has 0 aliphatic heterocycles. The summed E-state index contributed by atoms with van der Waals surface area (Å²) in [4.78, 5) is 21.7. The van der Waals surface area contributed by atoms with Crippen LogP contribution in [0.3, 0.4) is 0 Å². The van der Waals surface area contributed by atoms with Gasteiger partial charge in [0.2, 0.25) is 0 Å². The molecule has 0 fully saturated rings. The molecule has 18 heavy (non-hydrogen) atoms. The fraction of sp³-hybridized carbons (Fsp3) is 0.833. The van der Waals surface area contributed by atoms with Crippen molar-refractivity contribution in [2.75, 3.05) is 19.8 Å². The lowest BCUT2D eigenvalue weighted by atomic mass is 10.2. The first-order valence-corrected chi connectivity index (χ1v) is 6.40. The van der Waals surface area contributed by atoms with Gasteiger partial charge in [0.15, 0.2) is 0 Å².